The molecule has 0 fully saturated rings. The van der Waals surface area contributed by atoms with Crippen LogP contribution in [0.3, 0.4) is 0 Å². The highest BCUT2D eigenvalue weighted by Crippen LogP contribution is 2.25. The van der Waals surface area contributed by atoms with Gasteiger partial charge in [0.1, 0.15) is 4.88 Å². The predicted octanol–water partition coefficient (Wildman–Crippen LogP) is 1.23. The van der Waals surface area contributed by atoms with Crippen LogP contribution in [0.2, 0.25) is 0 Å². The third kappa shape index (κ3) is 3.76. The lowest BCUT2D eigenvalue weighted by Crippen LogP contribution is -2.41. The third-order valence-corrected chi connectivity index (χ3v) is 3.72. The molecule has 0 aliphatic heterocycles. The van der Waals surface area contributed by atoms with Crippen LogP contribution in [-0.4, -0.2) is 39.9 Å². The van der Waals surface area contributed by atoms with Crippen molar-refractivity contribution in [2.75, 3.05) is 13.1 Å². The molecule has 2 aromatic rings. The summed E-state index contributed by atoms with van der Waals surface area (Å²) in [6.07, 6.45) is 3.11. The Morgan fingerprint density at radius 1 is 1.43 bits per heavy atom. The molecule has 6 nitrogen and oxygen atoms in total. The molecule has 2 heterocycles. The molecule has 112 valence electrons. The molecule has 0 saturated carbocycles. The van der Waals surface area contributed by atoms with Crippen LogP contribution in [-0.2, 0) is 0 Å². The van der Waals surface area contributed by atoms with E-state index in [0.717, 1.165) is 11.3 Å². The summed E-state index contributed by atoms with van der Waals surface area (Å²) in [5.74, 6) is -3.35. The monoisotopic (exact) mass is 313 g/mol. The number of carbonyl (C=O) groups excluding carboxylic acids is 1. The lowest BCUT2D eigenvalue weighted by molar-refractivity contribution is 0.0119. The Morgan fingerprint density at radius 2 is 2.10 bits per heavy atom. The fourth-order valence-corrected chi connectivity index (χ4v) is 2.41. The smallest absolute Gasteiger partial charge is 0.277 e. The highest BCUT2D eigenvalue weighted by Gasteiger charge is 2.28. The standard InChI is InChI=1S/C12H13F2N5OS/c1-7-8(10(20)18-6-12(13,14)5-15)21-11(19-7)9-16-3-2-4-17-9/h2-4H,5-6,15H2,1H3,(H,18,20). The van der Waals surface area contributed by atoms with E-state index >= 15 is 0 Å². The highest BCUT2D eigenvalue weighted by molar-refractivity contribution is 7.17. The molecule has 0 saturated heterocycles. The van der Waals surface area contributed by atoms with Crippen molar-refractivity contribution in [3.63, 3.8) is 0 Å². The van der Waals surface area contributed by atoms with Crippen molar-refractivity contribution >= 4 is 17.2 Å². The van der Waals surface area contributed by atoms with Gasteiger partial charge in [-0.1, -0.05) is 0 Å². The first-order valence-corrected chi connectivity index (χ1v) is 6.85. The number of hydrogen-bond donors (Lipinski definition) is 2. The Kier molecular flexibility index (Phi) is 4.53. The van der Waals surface area contributed by atoms with Crippen molar-refractivity contribution in [3.05, 3.63) is 29.0 Å². The molecule has 9 heteroatoms. The van der Waals surface area contributed by atoms with Gasteiger partial charge in [0.25, 0.3) is 11.8 Å². The fraction of sp³-hybridized carbons (Fsp3) is 0.333. The summed E-state index contributed by atoms with van der Waals surface area (Å²) in [6.45, 7) is -0.00612. The zero-order valence-electron chi connectivity index (χ0n) is 11.1. The van der Waals surface area contributed by atoms with Gasteiger partial charge < -0.3 is 11.1 Å². The van der Waals surface area contributed by atoms with Crippen molar-refractivity contribution in [2.24, 2.45) is 5.73 Å². The Morgan fingerprint density at radius 3 is 2.71 bits per heavy atom. The van der Waals surface area contributed by atoms with Crippen LogP contribution in [0.1, 0.15) is 15.4 Å². The molecule has 0 atom stereocenters. The number of thiazole rings is 1. The van der Waals surface area contributed by atoms with E-state index in [1.165, 1.54) is 0 Å². The van der Waals surface area contributed by atoms with E-state index in [2.05, 4.69) is 20.3 Å². The minimum absolute atomic E-state index is 0.255. The normalized spacial score (nSPS) is 11.4. The Balaban J connectivity index is 2.14. The lowest BCUT2D eigenvalue weighted by atomic mass is 10.3. The summed E-state index contributed by atoms with van der Waals surface area (Å²) in [6, 6.07) is 1.66. The minimum Gasteiger partial charge on any atom is -0.345 e. The van der Waals surface area contributed by atoms with Crippen molar-refractivity contribution < 1.29 is 13.6 Å². The van der Waals surface area contributed by atoms with E-state index < -0.39 is 24.9 Å². The van der Waals surface area contributed by atoms with E-state index in [-0.39, 0.29) is 4.88 Å². The molecule has 0 bridgehead atoms. The molecule has 0 aliphatic rings. The van der Waals surface area contributed by atoms with Crippen molar-refractivity contribution in [2.45, 2.75) is 12.8 Å². The molecular weight excluding hydrogens is 300 g/mol. The number of rotatable bonds is 5. The average Bonchev–Trinajstić information content (AvgIpc) is 2.88. The number of aryl methyl sites for hydroxylation is 1. The van der Waals surface area contributed by atoms with Crippen molar-refractivity contribution in [1.29, 1.82) is 0 Å². The van der Waals surface area contributed by atoms with Gasteiger partial charge in [0.05, 0.1) is 18.8 Å². The van der Waals surface area contributed by atoms with E-state index in [9.17, 15) is 13.6 Å². The first-order chi connectivity index (χ1) is 9.93. The summed E-state index contributed by atoms with van der Waals surface area (Å²) in [5.41, 5.74) is 5.35. The summed E-state index contributed by atoms with van der Waals surface area (Å²) in [5, 5.41) is 2.62. The summed E-state index contributed by atoms with van der Waals surface area (Å²) >= 11 is 1.05. The SMILES string of the molecule is Cc1nc(-c2ncccn2)sc1C(=O)NCC(F)(F)CN. The van der Waals surface area contributed by atoms with Crippen LogP contribution >= 0.6 is 11.3 Å². The van der Waals surface area contributed by atoms with Gasteiger partial charge in [-0.15, -0.1) is 11.3 Å². The van der Waals surface area contributed by atoms with Crippen LogP contribution in [0.5, 0.6) is 0 Å². The van der Waals surface area contributed by atoms with Crippen LogP contribution in [0.25, 0.3) is 10.8 Å². The molecule has 2 aromatic heterocycles. The number of carbonyl (C=O) groups is 1. The average molecular weight is 313 g/mol. The van der Waals surface area contributed by atoms with Gasteiger partial charge in [-0.05, 0) is 13.0 Å². The molecule has 2 rings (SSSR count). The number of nitrogens with one attached hydrogen (secondary N) is 1. The van der Waals surface area contributed by atoms with Crippen LogP contribution < -0.4 is 11.1 Å². The number of nitrogens with zero attached hydrogens (tertiary/aromatic N) is 3. The van der Waals surface area contributed by atoms with Gasteiger partial charge in [0, 0.05) is 12.4 Å². The zero-order chi connectivity index (χ0) is 15.5. The first kappa shape index (κ1) is 15.4. The number of hydrogen-bond acceptors (Lipinski definition) is 6. The minimum atomic E-state index is -3.13. The third-order valence-electron chi connectivity index (χ3n) is 2.57. The molecule has 21 heavy (non-hydrogen) atoms. The van der Waals surface area contributed by atoms with Gasteiger partial charge >= 0.3 is 0 Å². The van der Waals surface area contributed by atoms with E-state index in [4.69, 9.17) is 5.73 Å². The van der Waals surface area contributed by atoms with Gasteiger partial charge in [-0.3, -0.25) is 4.79 Å². The Hall–Kier alpha value is -2.00. The largest absolute Gasteiger partial charge is 0.345 e. The molecule has 0 aromatic carbocycles. The Bertz CT molecular complexity index is 632. The molecular formula is C12H13F2N5OS. The second-order valence-electron chi connectivity index (χ2n) is 4.25. The summed E-state index contributed by atoms with van der Waals surface area (Å²) < 4.78 is 26.1. The van der Waals surface area contributed by atoms with E-state index in [1.54, 1.807) is 25.4 Å². The second-order valence-corrected chi connectivity index (χ2v) is 5.25. The molecule has 3 N–H and O–H groups in total. The second kappa shape index (κ2) is 6.19. The number of nitrogens with two attached hydrogens (primary N) is 1. The number of halogens is 2. The van der Waals surface area contributed by atoms with Gasteiger partial charge in [0.15, 0.2) is 10.8 Å². The number of amides is 1. The molecule has 0 spiro atoms. The molecule has 0 radical (unpaired) electrons. The zero-order valence-corrected chi connectivity index (χ0v) is 12.0. The maximum absolute atomic E-state index is 13.0. The van der Waals surface area contributed by atoms with Gasteiger partial charge in [0.2, 0.25) is 0 Å². The van der Waals surface area contributed by atoms with E-state index in [1.807, 2.05) is 0 Å². The number of alkyl halides is 2. The van der Waals surface area contributed by atoms with Gasteiger partial charge in [-0.2, -0.15) is 0 Å². The van der Waals surface area contributed by atoms with Crippen molar-refractivity contribution in [1.82, 2.24) is 20.3 Å². The predicted molar refractivity (Wildman–Crippen MR) is 74.2 cm³/mol. The van der Waals surface area contributed by atoms with Crippen molar-refractivity contribution in [3.8, 4) is 10.8 Å². The molecule has 0 unspecified atom stereocenters. The lowest BCUT2D eigenvalue weighted by Gasteiger charge is -2.13. The van der Waals surface area contributed by atoms with Crippen LogP contribution in [0.4, 0.5) is 8.78 Å². The topological polar surface area (TPSA) is 93.8 Å². The maximum Gasteiger partial charge on any atom is 0.277 e. The van der Waals surface area contributed by atoms with Crippen LogP contribution in [0.15, 0.2) is 18.5 Å². The first-order valence-electron chi connectivity index (χ1n) is 6.04. The summed E-state index contributed by atoms with van der Waals surface area (Å²) in [4.78, 5) is 24.4. The maximum atomic E-state index is 13.0. The van der Waals surface area contributed by atoms with E-state index in [0.29, 0.717) is 16.5 Å². The fourth-order valence-electron chi connectivity index (χ4n) is 1.47. The Labute approximate surface area is 123 Å². The number of aromatic nitrogens is 3. The molecule has 1 amide bonds. The summed E-state index contributed by atoms with van der Waals surface area (Å²) in [7, 11) is 0. The highest BCUT2D eigenvalue weighted by atomic mass is 32.1. The van der Waals surface area contributed by atoms with Gasteiger partial charge in [-0.25, -0.2) is 23.7 Å². The molecule has 0 aliphatic carbocycles. The van der Waals surface area contributed by atoms with Crippen LogP contribution in [0, 0.1) is 6.92 Å². The quantitative estimate of drug-likeness (QED) is 0.866.